The van der Waals surface area contributed by atoms with Crippen LogP contribution in [0.3, 0.4) is 0 Å². The number of ether oxygens (including phenoxy) is 1. The predicted molar refractivity (Wildman–Crippen MR) is 125 cm³/mol. The van der Waals surface area contributed by atoms with Crippen molar-refractivity contribution >= 4 is 39.3 Å². The Morgan fingerprint density at radius 1 is 1.19 bits per heavy atom. The molecule has 3 rings (SSSR count). The van der Waals surface area contributed by atoms with Crippen LogP contribution < -0.4 is 10.1 Å². The highest BCUT2D eigenvalue weighted by Crippen LogP contribution is 2.30. The van der Waals surface area contributed by atoms with Gasteiger partial charge in [0.05, 0.1) is 12.3 Å². The molecule has 0 saturated carbocycles. The molecule has 0 spiro atoms. The SMILES string of the molecule is CCCOc1ccc(Cl)cc1NC(=O)C1CCN(S(=O)(=O)/C=C/c2ccccc2)CC1. The van der Waals surface area contributed by atoms with Gasteiger partial charge in [-0.2, -0.15) is 4.31 Å². The summed E-state index contributed by atoms with van der Waals surface area (Å²) in [6.07, 6.45) is 3.35. The molecule has 0 unspecified atom stereocenters. The zero-order valence-corrected chi connectivity index (χ0v) is 19.0. The van der Waals surface area contributed by atoms with Gasteiger partial charge in [0, 0.05) is 29.4 Å². The predicted octanol–water partition coefficient (Wildman–Crippen LogP) is 4.78. The third-order valence-electron chi connectivity index (χ3n) is 5.08. The second-order valence-electron chi connectivity index (χ2n) is 7.41. The fraction of sp³-hybridized carbons (Fsp3) is 0.348. The van der Waals surface area contributed by atoms with Gasteiger partial charge in [-0.15, -0.1) is 0 Å². The first-order valence-corrected chi connectivity index (χ1v) is 12.2. The molecule has 2 aromatic carbocycles. The third-order valence-corrected chi connectivity index (χ3v) is 6.88. The first-order chi connectivity index (χ1) is 14.9. The number of anilines is 1. The summed E-state index contributed by atoms with van der Waals surface area (Å²) in [7, 11) is -3.53. The summed E-state index contributed by atoms with van der Waals surface area (Å²) in [6, 6.07) is 14.4. The van der Waals surface area contributed by atoms with Gasteiger partial charge >= 0.3 is 0 Å². The highest BCUT2D eigenvalue weighted by Gasteiger charge is 2.30. The van der Waals surface area contributed by atoms with E-state index in [1.54, 1.807) is 24.3 Å². The first-order valence-electron chi connectivity index (χ1n) is 10.4. The molecule has 0 atom stereocenters. The lowest BCUT2D eigenvalue weighted by Crippen LogP contribution is -2.40. The minimum atomic E-state index is -3.53. The molecule has 6 nitrogen and oxygen atoms in total. The van der Waals surface area contributed by atoms with Crippen molar-refractivity contribution in [2.75, 3.05) is 25.0 Å². The summed E-state index contributed by atoms with van der Waals surface area (Å²) in [4.78, 5) is 12.8. The maximum atomic E-state index is 12.8. The van der Waals surface area contributed by atoms with Gasteiger partial charge in [0.15, 0.2) is 0 Å². The van der Waals surface area contributed by atoms with Crippen molar-refractivity contribution in [1.29, 1.82) is 0 Å². The smallest absolute Gasteiger partial charge is 0.236 e. The number of amides is 1. The van der Waals surface area contributed by atoms with Crippen molar-refractivity contribution in [2.45, 2.75) is 26.2 Å². The van der Waals surface area contributed by atoms with Crippen LogP contribution in [0.2, 0.25) is 5.02 Å². The molecule has 0 bridgehead atoms. The van der Waals surface area contributed by atoms with Crippen LogP contribution in [0.4, 0.5) is 5.69 Å². The lowest BCUT2D eigenvalue weighted by molar-refractivity contribution is -0.120. The number of hydrogen-bond acceptors (Lipinski definition) is 4. The molecule has 166 valence electrons. The summed E-state index contributed by atoms with van der Waals surface area (Å²) in [5.41, 5.74) is 1.36. The Morgan fingerprint density at radius 2 is 1.90 bits per heavy atom. The number of piperidine rings is 1. The van der Waals surface area contributed by atoms with E-state index >= 15 is 0 Å². The topological polar surface area (TPSA) is 75.7 Å². The quantitative estimate of drug-likeness (QED) is 0.612. The number of halogens is 1. The van der Waals surface area contributed by atoms with Crippen LogP contribution in [0, 0.1) is 5.92 Å². The number of nitrogens with one attached hydrogen (secondary N) is 1. The van der Waals surface area contributed by atoms with Gasteiger partial charge in [-0.05, 0) is 49.1 Å². The Hall–Kier alpha value is -2.35. The van der Waals surface area contributed by atoms with Gasteiger partial charge in [0.2, 0.25) is 15.9 Å². The van der Waals surface area contributed by atoms with Crippen LogP contribution in [0.5, 0.6) is 5.75 Å². The molecule has 31 heavy (non-hydrogen) atoms. The molecule has 1 aliphatic rings. The first kappa shape index (κ1) is 23.3. The van der Waals surface area contributed by atoms with Crippen LogP contribution in [0.15, 0.2) is 53.9 Å². The summed E-state index contributed by atoms with van der Waals surface area (Å²) >= 11 is 6.08. The Bertz CT molecular complexity index is 1020. The number of rotatable bonds is 8. The fourth-order valence-corrected chi connectivity index (χ4v) is 4.75. The number of hydrogen-bond donors (Lipinski definition) is 1. The molecule has 1 saturated heterocycles. The van der Waals surface area contributed by atoms with Gasteiger partial charge < -0.3 is 10.1 Å². The minimum absolute atomic E-state index is 0.152. The van der Waals surface area contributed by atoms with Gasteiger partial charge in [0.25, 0.3) is 0 Å². The molecule has 0 radical (unpaired) electrons. The Balaban J connectivity index is 1.59. The van der Waals surface area contributed by atoms with E-state index in [2.05, 4.69) is 5.32 Å². The average Bonchev–Trinajstić information content (AvgIpc) is 2.78. The largest absolute Gasteiger partial charge is 0.491 e. The average molecular weight is 463 g/mol. The van der Waals surface area contributed by atoms with E-state index in [0.717, 1.165) is 12.0 Å². The number of benzene rings is 2. The highest BCUT2D eigenvalue weighted by atomic mass is 35.5. The van der Waals surface area contributed by atoms with Crippen LogP contribution in [-0.2, 0) is 14.8 Å². The van der Waals surface area contributed by atoms with Crippen molar-refractivity contribution in [1.82, 2.24) is 4.31 Å². The second-order valence-corrected chi connectivity index (χ2v) is 9.66. The maximum absolute atomic E-state index is 12.8. The number of nitrogens with zero attached hydrogens (tertiary/aromatic N) is 1. The molecule has 1 N–H and O–H groups in total. The van der Waals surface area contributed by atoms with Crippen molar-refractivity contribution in [3.05, 3.63) is 64.5 Å². The Labute approximate surface area is 188 Å². The van der Waals surface area contributed by atoms with Gasteiger partial charge in [-0.25, -0.2) is 8.42 Å². The zero-order chi connectivity index (χ0) is 22.3. The van der Waals surface area contributed by atoms with Crippen molar-refractivity contribution in [3.63, 3.8) is 0 Å². The molecular formula is C23H27ClN2O4S. The standard InChI is InChI=1S/C23H27ClN2O4S/c1-2-15-30-22-9-8-20(24)17-21(22)25-23(27)19-10-13-26(14-11-19)31(28,29)16-12-18-6-4-3-5-7-18/h3-9,12,16-17,19H,2,10-11,13-15H2,1H3,(H,25,27)/b16-12+. The summed E-state index contributed by atoms with van der Waals surface area (Å²) in [5, 5.41) is 4.63. The second kappa shape index (κ2) is 10.8. The molecular weight excluding hydrogens is 436 g/mol. The molecule has 1 aliphatic heterocycles. The summed E-state index contributed by atoms with van der Waals surface area (Å²) in [6.45, 7) is 3.14. The molecule has 0 aromatic heterocycles. The zero-order valence-electron chi connectivity index (χ0n) is 17.5. The summed E-state index contributed by atoms with van der Waals surface area (Å²) in [5.74, 6) is 0.147. The lowest BCUT2D eigenvalue weighted by atomic mass is 9.97. The Kier molecular flexibility index (Phi) is 8.12. The molecule has 8 heteroatoms. The van der Waals surface area contributed by atoms with Crippen LogP contribution >= 0.6 is 11.6 Å². The normalized spacial score (nSPS) is 15.8. The monoisotopic (exact) mass is 462 g/mol. The maximum Gasteiger partial charge on any atom is 0.236 e. The molecule has 1 heterocycles. The van der Waals surface area contributed by atoms with Crippen molar-refractivity contribution in [3.8, 4) is 5.75 Å². The van der Waals surface area contributed by atoms with E-state index in [1.165, 1.54) is 9.71 Å². The lowest BCUT2D eigenvalue weighted by Gasteiger charge is -2.29. The number of sulfonamides is 1. The summed E-state index contributed by atoms with van der Waals surface area (Å²) < 4.78 is 32.3. The van der Waals surface area contributed by atoms with Crippen LogP contribution in [0.25, 0.3) is 6.08 Å². The molecule has 2 aromatic rings. The van der Waals surface area contributed by atoms with Crippen LogP contribution in [-0.4, -0.2) is 38.3 Å². The third kappa shape index (κ3) is 6.56. The molecule has 0 aliphatic carbocycles. The number of carbonyl (C=O) groups excluding carboxylic acids is 1. The van der Waals surface area contributed by atoms with E-state index in [0.29, 0.717) is 49.0 Å². The van der Waals surface area contributed by atoms with E-state index < -0.39 is 10.0 Å². The van der Waals surface area contributed by atoms with Crippen LogP contribution in [0.1, 0.15) is 31.7 Å². The van der Waals surface area contributed by atoms with Crippen molar-refractivity contribution < 1.29 is 17.9 Å². The minimum Gasteiger partial charge on any atom is -0.491 e. The van der Waals surface area contributed by atoms with Gasteiger partial charge in [-0.1, -0.05) is 48.9 Å². The van der Waals surface area contributed by atoms with E-state index in [9.17, 15) is 13.2 Å². The van der Waals surface area contributed by atoms with Gasteiger partial charge in [0.1, 0.15) is 5.75 Å². The van der Waals surface area contributed by atoms with Gasteiger partial charge in [-0.3, -0.25) is 4.79 Å². The van der Waals surface area contributed by atoms with Crippen molar-refractivity contribution in [2.24, 2.45) is 5.92 Å². The fourth-order valence-electron chi connectivity index (χ4n) is 3.36. The highest BCUT2D eigenvalue weighted by molar-refractivity contribution is 7.92. The van der Waals surface area contributed by atoms with E-state index in [1.807, 2.05) is 37.3 Å². The number of carbonyl (C=O) groups is 1. The molecule has 1 amide bonds. The van der Waals surface area contributed by atoms with E-state index in [4.69, 9.17) is 16.3 Å². The van der Waals surface area contributed by atoms with E-state index in [-0.39, 0.29) is 11.8 Å². The Morgan fingerprint density at radius 3 is 2.58 bits per heavy atom. The molecule has 1 fully saturated rings.